The van der Waals surface area contributed by atoms with Crippen LogP contribution in [0.15, 0.2) is 36.4 Å². The van der Waals surface area contributed by atoms with Crippen molar-refractivity contribution in [2.24, 2.45) is 5.92 Å². The largest absolute Gasteiger partial charge is 0.586 e. The molecule has 2 aromatic rings. The highest BCUT2D eigenvalue weighted by molar-refractivity contribution is 6.05. The Kier molecular flexibility index (Phi) is 4.03. The highest BCUT2D eigenvalue weighted by atomic mass is 19.3. The summed E-state index contributed by atoms with van der Waals surface area (Å²) in [6, 6.07) is 10.2. The van der Waals surface area contributed by atoms with E-state index >= 15 is 0 Å². The van der Waals surface area contributed by atoms with Crippen molar-refractivity contribution in [3.63, 3.8) is 0 Å². The quantitative estimate of drug-likeness (QED) is 0.733. The van der Waals surface area contributed by atoms with Gasteiger partial charge in [-0.3, -0.25) is 4.79 Å². The Labute approximate surface area is 139 Å². The summed E-state index contributed by atoms with van der Waals surface area (Å²) in [6.07, 6.45) is -3.02. The molecule has 0 N–H and O–H groups in total. The molecular formula is C19H18F2O3. The number of halogens is 2. The SMILES string of the molecule is CCc1cccc(-c2cccc3c2OC(F)(F)O3)c1C(=O)C(C)C. The van der Waals surface area contributed by atoms with Crippen molar-refractivity contribution in [3.05, 3.63) is 47.5 Å². The van der Waals surface area contributed by atoms with Gasteiger partial charge in [0.25, 0.3) is 0 Å². The summed E-state index contributed by atoms with van der Waals surface area (Å²) < 4.78 is 36.1. The number of para-hydroxylation sites is 1. The molecule has 0 radical (unpaired) electrons. The van der Waals surface area contributed by atoms with Gasteiger partial charge in [0.05, 0.1) is 0 Å². The van der Waals surface area contributed by atoms with E-state index in [1.54, 1.807) is 18.2 Å². The van der Waals surface area contributed by atoms with Crippen molar-refractivity contribution in [1.82, 2.24) is 0 Å². The van der Waals surface area contributed by atoms with E-state index in [-0.39, 0.29) is 23.2 Å². The first-order chi connectivity index (χ1) is 11.3. The third-order valence-corrected chi connectivity index (χ3v) is 4.02. The average molecular weight is 332 g/mol. The zero-order valence-electron chi connectivity index (χ0n) is 13.7. The normalized spacial score (nSPS) is 14.9. The fourth-order valence-corrected chi connectivity index (χ4v) is 2.88. The second-order valence-corrected chi connectivity index (χ2v) is 6.01. The van der Waals surface area contributed by atoms with E-state index in [0.717, 1.165) is 5.56 Å². The summed E-state index contributed by atoms with van der Waals surface area (Å²) in [5.41, 5.74) is 2.46. The first kappa shape index (κ1) is 16.4. The van der Waals surface area contributed by atoms with E-state index in [9.17, 15) is 13.6 Å². The number of carbonyl (C=O) groups excluding carboxylic acids is 1. The van der Waals surface area contributed by atoms with Crippen LogP contribution >= 0.6 is 0 Å². The summed E-state index contributed by atoms with van der Waals surface area (Å²) in [7, 11) is 0. The molecule has 0 aromatic heterocycles. The standard InChI is InChI=1S/C19H18F2O3/c1-4-12-7-5-8-13(16(12)17(22)11(2)3)14-9-6-10-15-18(14)24-19(20,21)23-15/h5-11H,4H2,1-3H3. The second-order valence-electron chi connectivity index (χ2n) is 6.01. The average Bonchev–Trinajstić information content (AvgIpc) is 2.86. The third kappa shape index (κ3) is 2.75. The Morgan fingerprint density at radius 3 is 2.42 bits per heavy atom. The first-order valence-corrected chi connectivity index (χ1v) is 7.89. The Balaban J connectivity index is 2.23. The Bertz CT molecular complexity index is 797. The van der Waals surface area contributed by atoms with Gasteiger partial charge in [0.1, 0.15) is 0 Å². The monoisotopic (exact) mass is 332 g/mol. The van der Waals surface area contributed by atoms with E-state index in [1.165, 1.54) is 6.07 Å². The van der Waals surface area contributed by atoms with Gasteiger partial charge in [0.2, 0.25) is 0 Å². The van der Waals surface area contributed by atoms with E-state index < -0.39 is 6.29 Å². The van der Waals surface area contributed by atoms with Crippen molar-refractivity contribution in [1.29, 1.82) is 0 Å². The molecule has 0 unspecified atom stereocenters. The lowest BCUT2D eigenvalue weighted by Gasteiger charge is -2.16. The number of rotatable bonds is 4. The van der Waals surface area contributed by atoms with Crippen molar-refractivity contribution < 1.29 is 23.0 Å². The predicted octanol–water partition coefficient (Wildman–Crippen LogP) is 5.08. The Morgan fingerprint density at radius 1 is 1.08 bits per heavy atom. The molecule has 1 aliphatic rings. The minimum Gasteiger partial charge on any atom is -0.395 e. The summed E-state index contributed by atoms with van der Waals surface area (Å²) >= 11 is 0. The fourth-order valence-electron chi connectivity index (χ4n) is 2.88. The van der Waals surface area contributed by atoms with Crippen LogP contribution < -0.4 is 9.47 Å². The molecule has 0 atom stereocenters. The number of hydrogen-bond donors (Lipinski definition) is 0. The highest BCUT2D eigenvalue weighted by Crippen LogP contribution is 2.48. The van der Waals surface area contributed by atoms with Crippen LogP contribution in [0.1, 0.15) is 36.7 Å². The van der Waals surface area contributed by atoms with Crippen molar-refractivity contribution in [2.45, 2.75) is 33.5 Å². The zero-order valence-corrected chi connectivity index (χ0v) is 13.7. The molecule has 0 spiro atoms. The minimum absolute atomic E-state index is 0.0225. The van der Waals surface area contributed by atoms with Crippen LogP contribution in [0.25, 0.3) is 11.1 Å². The molecule has 0 amide bonds. The minimum atomic E-state index is -3.69. The number of Topliss-reactive ketones (excluding diaryl/α,β-unsaturated/α-hetero) is 1. The van der Waals surface area contributed by atoms with Gasteiger partial charge >= 0.3 is 6.29 Å². The van der Waals surface area contributed by atoms with Crippen LogP contribution in [0, 0.1) is 5.92 Å². The molecule has 2 aromatic carbocycles. The number of ether oxygens (including phenoxy) is 2. The summed E-state index contributed by atoms with van der Waals surface area (Å²) in [5.74, 6) is -0.284. The number of hydrogen-bond acceptors (Lipinski definition) is 3. The molecule has 0 saturated heterocycles. The lowest BCUT2D eigenvalue weighted by molar-refractivity contribution is -0.286. The van der Waals surface area contributed by atoms with Crippen LogP contribution in [0.4, 0.5) is 8.78 Å². The van der Waals surface area contributed by atoms with Crippen LogP contribution in [0.5, 0.6) is 11.5 Å². The number of aryl methyl sites for hydroxylation is 1. The van der Waals surface area contributed by atoms with E-state index in [4.69, 9.17) is 0 Å². The number of carbonyl (C=O) groups is 1. The van der Waals surface area contributed by atoms with Crippen LogP contribution in [-0.4, -0.2) is 12.1 Å². The Morgan fingerprint density at radius 2 is 1.75 bits per heavy atom. The van der Waals surface area contributed by atoms with Gasteiger partial charge in [-0.25, -0.2) is 0 Å². The van der Waals surface area contributed by atoms with Gasteiger partial charge < -0.3 is 9.47 Å². The molecule has 1 aliphatic heterocycles. The molecule has 0 saturated carbocycles. The molecular weight excluding hydrogens is 314 g/mol. The molecule has 0 fully saturated rings. The molecule has 24 heavy (non-hydrogen) atoms. The second kappa shape index (κ2) is 5.89. The number of ketones is 1. The van der Waals surface area contributed by atoms with Gasteiger partial charge in [-0.05, 0) is 23.6 Å². The molecule has 1 heterocycles. The molecule has 0 aliphatic carbocycles. The van der Waals surface area contributed by atoms with E-state index in [2.05, 4.69) is 9.47 Å². The molecule has 126 valence electrons. The maximum absolute atomic E-state index is 13.5. The topological polar surface area (TPSA) is 35.5 Å². The van der Waals surface area contributed by atoms with Crippen molar-refractivity contribution in [2.75, 3.05) is 0 Å². The first-order valence-electron chi connectivity index (χ1n) is 7.89. The van der Waals surface area contributed by atoms with Gasteiger partial charge in [-0.1, -0.05) is 51.1 Å². The fraction of sp³-hybridized carbons (Fsp3) is 0.316. The molecule has 5 heteroatoms. The molecule has 3 nitrogen and oxygen atoms in total. The predicted molar refractivity (Wildman–Crippen MR) is 86.6 cm³/mol. The van der Waals surface area contributed by atoms with Crippen LogP contribution in [-0.2, 0) is 6.42 Å². The maximum atomic E-state index is 13.5. The third-order valence-electron chi connectivity index (χ3n) is 4.02. The smallest absolute Gasteiger partial charge is 0.395 e. The van der Waals surface area contributed by atoms with E-state index in [1.807, 2.05) is 32.9 Å². The summed E-state index contributed by atoms with van der Waals surface area (Å²) in [4.78, 5) is 12.7. The lowest BCUT2D eigenvalue weighted by atomic mass is 9.87. The van der Waals surface area contributed by atoms with Gasteiger partial charge in [-0.2, -0.15) is 0 Å². The van der Waals surface area contributed by atoms with Crippen molar-refractivity contribution >= 4 is 5.78 Å². The van der Waals surface area contributed by atoms with Crippen molar-refractivity contribution in [3.8, 4) is 22.6 Å². The lowest BCUT2D eigenvalue weighted by Crippen LogP contribution is -2.26. The molecule has 3 rings (SSSR count). The summed E-state index contributed by atoms with van der Waals surface area (Å²) in [6.45, 7) is 5.60. The Hall–Kier alpha value is -2.43. The van der Waals surface area contributed by atoms with Crippen LogP contribution in [0.3, 0.4) is 0 Å². The zero-order chi connectivity index (χ0) is 17.5. The van der Waals surface area contributed by atoms with E-state index in [0.29, 0.717) is 23.1 Å². The highest BCUT2D eigenvalue weighted by Gasteiger charge is 2.44. The maximum Gasteiger partial charge on any atom is 0.586 e. The van der Waals surface area contributed by atoms with Gasteiger partial charge in [0.15, 0.2) is 17.3 Å². The van der Waals surface area contributed by atoms with Crippen LogP contribution in [0.2, 0.25) is 0 Å². The number of benzene rings is 2. The van der Waals surface area contributed by atoms with Gasteiger partial charge in [-0.15, -0.1) is 8.78 Å². The number of alkyl halides is 2. The van der Waals surface area contributed by atoms with Gasteiger partial charge in [0, 0.05) is 17.0 Å². The molecule has 0 bridgehead atoms. The number of fused-ring (bicyclic) bond motifs is 1. The summed E-state index contributed by atoms with van der Waals surface area (Å²) in [5, 5.41) is 0.